The summed E-state index contributed by atoms with van der Waals surface area (Å²) in [5.74, 6) is -0.0108. The quantitative estimate of drug-likeness (QED) is 0.842. The van der Waals surface area contributed by atoms with Crippen molar-refractivity contribution in [3.05, 3.63) is 40.8 Å². The number of aromatic nitrogens is 1. The molecule has 0 radical (unpaired) electrons. The van der Waals surface area contributed by atoms with Gasteiger partial charge in [-0.1, -0.05) is 19.9 Å². The fourth-order valence-corrected chi connectivity index (χ4v) is 4.07. The Balaban J connectivity index is 1.78. The summed E-state index contributed by atoms with van der Waals surface area (Å²) in [5.41, 5.74) is 3.12. The Morgan fingerprint density at radius 1 is 1.24 bits per heavy atom. The van der Waals surface area contributed by atoms with Crippen molar-refractivity contribution in [1.29, 1.82) is 0 Å². The van der Waals surface area contributed by atoms with Crippen molar-refractivity contribution >= 4 is 28.3 Å². The van der Waals surface area contributed by atoms with Crippen LogP contribution in [0.2, 0.25) is 0 Å². The number of hydrogen-bond acceptors (Lipinski definition) is 2. The predicted octanol–water partition coefficient (Wildman–Crippen LogP) is 4.16. The van der Waals surface area contributed by atoms with Gasteiger partial charge in [-0.3, -0.25) is 9.59 Å². The summed E-state index contributed by atoms with van der Waals surface area (Å²) in [6.45, 7) is 5.27. The van der Waals surface area contributed by atoms with E-state index in [1.54, 1.807) is 20.2 Å². The summed E-state index contributed by atoms with van der Waals surface area (Å²) < 4.78 is 15.6. The third-order valence-electron chi connectivity index (χ3n) is 5.88. The van der Waals surface area contributed by atoms with Crippen molar-refractivity contribution in [2.24, 2.45) is 5.92 Å². The lowest BCUT2D eigenvalue weighted by Gasteiger charge is -2.28. The fraction of sp³-hybridized carbons (Fsp3) is 0.478. The number of fused-ring (bicyclic) bond motifs is 1. The maximum Gasteiger partial charge on any atom is 0.269 e. The highest BCUT2D eigenvalue weighted by atomic mass is 19.1. The highest BCUT2D eigenvalue weighted by Crippen LogP contribution is 2.36. The Kier molecular flexibility index (Phi) is 4.97. The molecule has 1 aromatic heterocycles. The van der Waals surface area contributed by atoms with Gasteiger partial charge in [0.1, 0.15) is 5.69 Å². The number of carbonyl (C=O) groups is 2. The molecule has 0 spiro atoms. The van der Waals surface area contributed by atoms with Gasteiger partial charge >= 0.3 is 0 Å². The van der Waals surface area contributed by atoms with Crippen molar-refractivity contribution in [3.63, 3.8) is 0 Å². The topological polar surface area (TPSA) is 56.4 Å². The van der Waals surface area contributed by atoms with Crippen LogP contribution in [-0.4, -0.2) is 53.8 Å². The molecular weight excluding hydrogens is 369 g/mol. The largest absolute Gasteiger partial charge is 0.348 e. The van der Waals surface area contributed by atoms with E-state index in [4.69, 9.17) is 0 Å². The van der Waals surface area contributed by atoms with Crippen LogP contribution >= 0.6 is 0 Å². The Morgan fingerprint density at radius 2 is 1.97 bits per heavy atom. The average Bonchev–Trinajstić information content (AvgIpc) is 3.45. The number of carbonyl (C=O) groups excluding carboxylic acids is 2. The molecule has 1 N–H and O–H groups in total. The van der Waals surface area contributed by atoms with Gasteiger partial charge in [0.25, 0.3) is 5.91 Å². The van der Waals surface area contributed by atoms with Gasteiger partial charge in [-0.25, -0.2) is 4.39 Å². The lowest BCUT2D eigenvalue weighted by atomic mass is 9.92. The van der Waals surface area contributed by atoms with Crippen molar-refractivity contribution in [2.75, 3.05) is 27.2 Å². The fourth-order valence-electron chi connectivity index (χ4n) is 4.07. The Hall–Kier alpha value is -2.63. The third-order valence-corrected chi connectivity index (χ3v) is 5.88. The van der Waals surface area contributed by atoms with E-state index in [1.165, 1.54) is 4.90 Å². The minimum Gasteiger partial charge on any atom is -0.348 e. The van der Waals surface area contributed by atoms with Gasteiger partial charge in [-0.15, -0.1) is 0 Å². The third kappa shape index (κ3) is 3.56. The second kappa shape index (κ2) is 7.32. The van der Waals surface area contributed by atoms with E-state index in [-0.39, 0.29) is 29.5 Å². The molecule has 154 valence electrons. The number of halogens is 1. The van der Waals surface area contributed by atoms with Crippen molar-refractivity contribution in [1.82, 2.24) is 14.8 Å². The molecule has 2 heterocycles. The van der Waals surface area contributed by atoms with Crippen molar-refractivity contribution in [2.45, 2.75) is 39.0 Å². The molecule has 1 saturated carbocycles. The SMILES string of the molecule is CC(C)c1cc(C2=CCCN(C(=O)C3CC3)C2)c(F)c2[nH]c(C(=O)N(C)C)cc12. The van der Waals surface area contributed by atoms with Gasteiger partial charge in [0.05, 0.1) is 5.52 Å². The number of nitrogens with one attached hydrogen (secondary N) is 1. The lowest BCUT2D eigenvalue weighted by molar-refractivity contribution is -0.132. The van der Waals surface area contributed by atoms with Crippen molar-refractivity contribution < 1.29 is 14.0 Å². The standard InChI is InChI=1S/C23H28FN3O2/c1-13(2)16-10-17(15-6-5-9-27(12-15)22(28)14-7-8-14)20(24)21-18(16)11-19(25-21)23(29)26(3)4/h6,10-11,13-14,25H,5,7-9,12H2,1-4H3. The molecule has 2 amide bonds. The molecule has 4 rings (SSSR count). The van der Waals surface area contributed by atoms with Crippen LogP contribution in [0.25, 0.3) is 16.5 Å². The zero-order valence-electron chi connectivity index (χ0n) is 17.5. The predicted molar refractivity (Wildman–Crippen MR) is 112 cm³/mol. The van der Waals surface area contributed by atoms with Crippen molar-refractivity contribution in [3.8, 4) is 0 Å². The van der Waals surface area contributed by atoms with Gasteiger partial charge in [0.2, 0.25) is 5.91 Å². The van der Waals surface area contributed by atoms with Crippen LogP contribution in [0.5, 0.6) is 0 Å². The molecule has 6 heteroatoms. The molecule has 1 aromatic carbocycles. The monoisotopic (exact) mass is 397 g/mol. The number of aromatic amines is 1. The molecule has 0 atom stereocenters. The van der Waals surface area contributed by atoms with Gasteiger partial charge in [-0.2, -0.15) is 0 Å². The van der Waals surface area contributed by atoms with Crippen LogP contribution in [0.15, 0.2) is 18.2 Å². The number of nitrogens with zero attached hydrogens (tertiary/aromatic N) is 2. The lowest BCUT2D eigenvalue weighted by Crippen LogP contribution is -2.36. The first-order valence-corrected chi connectivity index (χ1v) is 10.3. The molecule has 1 aliphatic carbocycles. The first-order valence-electron chi connectivity index (χ1n) is 10.3. The van der Waals surface area contributed by atoms with E-state index in [9.17, 15) is 9.59 Å². The Bertz CT molecular complexity index is 1010. The Labute approximate surface area is 170 Å². The summed E-state index contributed by atoms with van der Waals surface area (Å²) in [5, 5.41) is 0.744. The van der Waals surface area contributed by atoms with E-state index in [1.807, 2.05) is 17.0 Å². The van der Waals surface area contributed by atoms with Gasteiger partial charge in [0.15, 0.2) is 5.82 Å². The molecule has 1 aliphatic heterocycles. The normalized spacial score (nSPS) is 17.0. The summed E-state index contributed by atoms with van der Waals surface area (Å²) in [4.78, 5) is 31.3. The minimum atomic E-state index is -0.353. The van der Waals surface area contributed by atoms with Gasteiger partial charge in [0, 0.05) is 44.1 Å². The van der Waals surface area contributed by atoms with Gasteiger partial charge < -0.3 is 14.8 Å². The second-order valence-corrected chi connectivity index (χ2v) is 8.71. The average molecular weight is 397 g/mol. The highest BCUT2D eigenvalue weighted by Gasteiger charge is 2.34. The van der Waals surface area contributed by atoms with Crippen LogP contribution in [0.1, 0.15) is 60.6 Å². The van der Waals surface area contributed by atoms with E-state index in [0.29, 0.717) is 29.9 Å². The maximum absolute atomic E-state index is 15.6. The first-order chi connectivity index (χ1) is 13.8. The highest BCUT2D eigenvalue weighted by molar-refractivity contribution is 6.00. The molecule has 29 heavy (non-hydrogen) atoms. The van der Waals surface area contributed by atoms with Crippen LogP contribution in [0.4, 0.5) is 4.39 Å². The molecule has 0 unspecified atom stereocenters. The minimum absolute atomic E-state index is 0.163. The van der Waals surface area contributed by atoms with E-state index in [0.717, 1.165) is 35.8 Å². The molecule has 2 aliphatic rings. The summed E-state index contributed by atoms with van der Waals surface area (Å²) in [6.07, 6.45) is 4.71. The van der Waals surface area contributed by atoms with Gasteiger partial charge in [-0.05, 0) is 48.4 Å². The van der Waals surface area contributed by atoms with E-state index < -0.39 is 0 Å². The Morgan fingerprint density at radius 3 is 2.59 bits per heavy atom. The molecular formula is C23H28FN3O2. The molecule has 5 nitrogen and oxygen atoms in total. The molecule has 2 aromatic rings. The number of hydrogen-bond donors (Lipinski definition) is 1. The number of H-pyrrole nitrogens is 1. The van der Waals surface area contributed by atoms with Crippen LogP contribution in [0, 0.1) is 11.7 Å². The molecule has 0 saturated heterocycles. The van der Waals surface area contributed by atoms with Crippen LogP contribution in [-0.2, 0) is 4.79 Å². The summed E-state index contributed by atoms with van der Waals surface area (Å²) in [6, 6.07) is 3.65. The zero-order valence-corrected chi connectivity index (χ0v) is 17.5. The van der Waals surface area contributed by atoms with E-state index >= 15 is 4.39 Å². The van der Waals surface area contributed by atoms with Crippen LogP contribution in [0.3, 0.4) is 0 Å². The van der Waals surface area contributed by atoms with Crippen LogP contribution < -0.4 is 0 Å². The maximum atomic E-state index is 15.6. The summed E-state index contributed by atoms with van der Waals surface area (Å²) in [7, 11) is 3.36. The number of rotatable bonds is 4. The van der Waals surface area contributed by atoms with E-state index in [2.05, 4.69) is 18.8 Å². The second-order valence-electron chi connectivity index (χ2n) is 8.71. The number of amides is 2. The molecule has 1 fully saturated rings. The first kappa shape index (κ1) is 19.7. The zero-order chi connectivity index (χ0) is 20.9. The summed E-state index contributed by atoms with van der Waals surface area (Å²) >= 11 is 0. The smallest absolute Gasteiger partial charge is 0.269 e. The number of benzene rings is 1. The molecule has 0 bridgehead atoms.